The van der Waals surface area contributed by atoms with Crippen molar-refractivity contribution in [3.8, 4) is 0 Å². The Morgan fingerprint density at radius 2 is 1.95 bits per heavy atom. The fourth-order valence-corrected chi connectivity index (χ4v) is 4.14. The highest BCUT2D eigenvalue weighted by atomic mass is 32.2. The van der Waals surface area contributed by atoms with Gasteiger partial charge < -0.3 is 10.1 Å². The largest absolute Gasteiger partial charge is 0.379 e. The Hall–Kier alpha value is -0.960. The van der Waals surface area contributed by atoms with Crippen molar-refractivity contribution in [3.63, 3.8) is 0 Å². The molecule has 7 nitrogen and oxygen atoms in total. The zero-order valence-electron chi connectivity index (χ0n) is 11.5. The minimum Gasteiger partial charge on any atom is -0.379 e. The molecule has 0 aromatic rings. The predicted octanol–water partition coefficient (Wildman–Crippen LogP) is -0.670. The van der Waals surface area contributed by atoms with E-state index >= 15 is 0 Å². The van der Waals surface area contributed by atoms with Crippen molar-refractivity contribution in [1.29, 1.82) is 0 Å². The van der Waals surface area contributed by atoms with E-state index in [-0.39, 0.29) is 11.9 Å². The molecule has 0 radical (unpaired) electrons. The number of ether oxygens (including phenoxy) is 1. The van der Waals surface area contributed by atoms with E-state index in [0.717, 1.165) is 12.8 Å². The maximum atomic E-state index is 12.5. The first-order valence-electron chi connectivity index (χ1n) is 6.80. The molecule has 20 heavy (non-hydrogen) atoms. The lowest BCUT2D eigenvalue weighted by molar-refractivity contribution is -0.117. The monoisotopic (exact) mass is 303 g/mol. The maximum absolute atomic E-state index is 12.5. The molecule has 2 fully saturated rings. The van der Waals surface area contributed by atoms with E-state index in [1.54, 1.807) is 0 Å². The Labute approximate surface area is 119 Å². The molecule has 0 spiro atoms. The van der Waals surface area contributed by atoms with Crippen LogP contribution in [-0.4, -0.2) is 68.4 Å². The van der Waals surface area contributed by atoms with Crippen LogP contribution in [-0.2, 0) is 19.7 Å². The van der Waals surface area contributed by atoms with E-state index in [0.29, 0.717) is 39.4 Å². The Kier molecular flexibility index (Phi) is 5.14. The van der Waals surface area contributed by atoms with E-state index in [9.17, 15) is 13.2 Å². The molecule has 0 aliphatic carbocycles. The van der Waals surface area contributed by atoms with Crippen molar-refractivity contribution in [3.05, 3.63) is 12.7 Å². The second-order valence-electron chi connectivity index (χ2n) is 4.93. The lowest BCUT2D eigenvalue weighted by Crippen LogP contribution is -2.54. The van der Waals surface area contributed by atoms with Crippen LogP contribution in [0.5, 0.6) is 0 Å². The third-order valence-corrected chi connectivity index (χ3v) is 5.54. The third kappa shape index (κ3) is 3.57. The average Bonchev–Trinajstić information content (AvgIpc) is 2.48. The number of carbonyl (C=O) groups excluding carboxylic acids is 1. The van der Waals surface area contributed by atoms with Crippen LogP contribution in [0.2, 0.25) is 0 Å². The number of hydrogen-bond acceptors (Lipinski definition) is 4. The summed E-state index contributed by atoms with van der Waals surface area (Å²) >= 11 is 0. The highest BCUT2D eigenvalue weighted by Gasteiger charge is 2.34. The van der Waals surface area contributed by atoms with Crippen molar-refractivity contribution >= 4 is 16.1 Å². The summed E-state index contributed by atoms with van der Waals surface area (Å²) in [5.41, 5.74) is 0. The van der Waals surface area contributed by atoms with Gasteiger partial charge in [-0.25, -0.2) is 0 Å². The molecule has 1 unspecified atom stereocenters. The van der Waals surface area contributed by atoms with Crippen LogP contribution in [0.25, 0.3) is 0 Å². The molecule has 1 amide bonds. The van der Waals surface area contributed by atoms with Gasteiger partial charge in [0, 0.05) is 32.2 Å². The van der Waals surface area contributed by atoms with Crippen LogP contribution in [0.3, 0.4) is 0 Å². The molecular formula is C12H21N3O4S. The summed E-state index contributed by atoms with van der Waals surface area (Å²) in [6.07, 6.45) is 2.73. The number of hydrogen-bond donors (Lipinski definition) is 1. The van der Waals surface area contributed by atoms with E-state index in [4.69, 9.17) is 4.74 Å². The van der Waals surface area contributed by atoms with E-state index < -0.39 is 10.2 Å². The van der Waals surface area contributed by atoms with E-state index in [1.807, 2.05) is 0 Å². The van der Waals surface area contributed by atoms with Crippen LogP contribution >= 0.6 is 0 Å². The zero-order chi connectivity index (χ0) is 14.6. The number of amides is 1. The highest BCUT2D eigenvalue weighted by molar-refractivity contribution is 7.86. The first kappa shape index (κ1) is 15.4. The topological polar surface area (TPSA) is 79.0 Å². The highest BCUT2D eigenvalue weighted by Crippen LogP contribution is 2.18. The number of nitrogens with one attached hydrogen (secondary N) is 1. The molecular weight excluding hydrogens is 282 g/mol. The summed E-state index contributed by atoms with van der Waals surface area (Å²) in [5.74, 6) is -0.263. The van der Waals surface area contributed by atoms with Gasteiger partial charge in [0.05, 0.1) is 13.2 Å². The van der Waals surface area contributed by atoms with Gasteiger partial charge in [-0.1, -0.05) is 6.58 Å². The number of rotatable bonds is 4. The first-order chi connectivity index (χ1) is 9.54. The quantitative estimate of drug-likeness (QED) is 0.699. The molecule has 0 aromatic carbocycles. The Bertz CT molecular complexity index is 459. The van der Waals surface area contributed by atoms with Gasteiger partial charge in [0.2, 0.25) is 5.91 Å². The molecule has 2 saturated heterocycles. The maximum Gasteiger partial charge on any atom is 0.282 e. The molecule has 114 valence electrons. The van der Waals surface area contributed by atoms with Crippen molar-refractivity contribution in [2.45, 2.75) is 18.9 Å². The molecule has 0 bridgehead atoms. The number of morpholine rings is 1. The minimum absolute atomic E-state index is 0.148. The molecule has 1 atom stereocenters. The van der Waals surface area contributed by atoms with Gasteiger partial charge in [-0.05, 0) is 18.9 Å². The van der Waals surface area contributed by atoms with Crippen LogP contribution in [0.1, 0.15) is 12.8 Å². The Morgan fingerprint density at radius 1 is 1.25 bits per heavy atom. The minimum atomic E-state index is -3.45. The molecule has 2 heterocycles. The molecule has 1 N–H and O–H groups in total. The summed E-state index contributed by atoms with van der Waals surface area (Å²) < 4.78 is 33.1. The summed E-state index contributed by atoms with van der Waals surface area (Å²) in [7, 11) is -3.45. The van der Waals surface area contributed by atoms with Crippen molar-refractivity contribution in [2.24, 2.45) is 0 Å². The van der Waals surface area contributed by atoms with Crippen LogP contribution in [0.4, 0.5) is 0 Å². The molecule has 0 saturated carbocycles. The SMILES string of the molecule is C=CC(=O)NC1CCCN(S(=O)(=O)N2CCOCC2)C1. The lowest BCUT2D eigenvalue weighted by atomic mass is 10.1. The van der Waals surface area contributed by atoms with Gasteiger partial charge in [-0.3, -0.25) is 4.79 Å². The predicted molar refractivity (Wildman–Crippen MR) is 74.2 cm³/mol. The second-order valence-corrected chi connectivity index (χ2v) is 6.86. The van der Waals surface area contributed by atoms with Gasteiger partial charge in [0.25, 0.3) is 10.2 Å². The molecule has 2 rings (SSSR count). The number of piperidine rings is 1. The smallest absolute Gasteiger partial charge is 0.282 e. The van der Waals surface area contributed by atoms with Crippen LogP contribution in [0.15, 0.2) is 12.7 Å². The summed E-state index contributed by atoms with van der Waals surface area (Å²) in [5, 5.41) is 2.77. The van der Waals surface area contributed by atoms with E-state index in [1.165, 1.54) is 14.7 Å². The zero-order valence-corrected chi connectivity index (χ0v) is 12.3. The normalized spacial score (nSPS) is 26.1. The van der Waals surface area contributed by atoms with Gasteiger partial charge in [0.1, 0.15) is 0 Å². The first-order valence-corrected chi connectivity index (χ1v) is 8.19. The average molecular weight is 303 g/mol. The van der Waals surface area contributed by atoms with Gasteiger partial charge >= 0.3 is 0 Å². The van der Waals surface area contributed by atoms with Crippen LogP contribution < -0.4 is 5.32 Å². The summed E-state index contributed by atoms with van der Waals surface area (Å²) in [6, 6.07) is -0.148. The van der Waals surface area contributed by atoms with E-state index in [2.05, 4.69) is 11.9 Å². The number of carbonyl (C=O) groups is 1. The molecule has 0 aromatic heterocycles. The van der Waals surface area contributed by atoms with Crippen molar-refractivity contribution in [2.75, 3.05) is 39.4 Å². The molecule has 8 heteroatoms. The van der Waals surface area contributed by atoms with Gasteiger partial charge in [-0.15, -0.1) is 0 Å². The third-order valence-electron chi connectivity index (χ3n) is 3.54. The summed E-state index contributed by atoms with van der Waals surface area (Å²) in [6.45, 7) is 5.87. The molecule has 2 aliphatic heterocycles. The fourth-order valence-electron chi connectivity index (χ4n) is 2.47. The second kappa shape index (κ2) is 6.66. The fraction of sp³-hybridized carbons (Fsp3) is 0.750. The van der Waals surface area contributed by atoms with Gasteiger partial charge in [-0.2, -0.15) is 17.0 Å². The summed E-state index contributed by atoms with van der Waals surface area (Å²) in [4.78, 5) is 11.3. The number of nitrogens with zero attached hydrogens (tertiary/aromatic N) is 2. The Balaban J connectivity index is 2.00. The van der Waals surface area contributed by atoms with Crippen molar-refractivity contribution in [1.82, 2.24) is 13.9 Å². The lowest BCUT2D eigenvalue weighted by Gasteiger charge is -2.36. The van der Waals surface area contributed by atoms with Gasteiger partial charge in [0.15, 0.2) is 0 Å². The molecule has 2 aliphatic rings. The van der Waals surface area contributed by atoms with Crippen LogP contribution in [0, 0.1) is 0 Å². The Morgan fingerprint density at radius 3 is 2.60 bits per heavy atom. The van der Waals surface area contributed by atoms with Crippen molar-refractivity contribution < 1.29 is 17.9 Å². The standard InChI is InChI=1S/C12H21N3O4S/c1-2-12(16)13-11-4-3-5-15(10-11)20(17,18)14-6-8-19-9-7-14/h2,11H,1,3-10H2,(H,13,16).